The van der Waals surface area contributed by atoms with E-state index >= 15 is 0 Å². The number of alkyl halides is 13. The molecule has 1 unspecified atom stereocenters. The Hall–Kier alpha value is -0.0531. The average Bonchev–Trinajstić information content (AvgIpc) is 2.59. The van der Waals surface area contributed by atoms with Crippen molar-refractivity contribution < 1.29 is 66.0 Å². The average molecular weight is 629 g/mol. The highest BCUT2D eigenvalue weighted by Crippen LogP contribution is 2.59. The zero-order chi connectivity index (χ0) is 24.8. The summed E-state index contributed by atoms with van der Waals surface area (Å²) < 4.78 is 175. The molecule has 2 bridgehead atoms. The van der Waals surface area contributed by atoms with Crippen LogP contribution in [0.2, 0.25) is 0 Å². The van der Waals surface area contributed by atoms with E-state index < -0.39 is 54.8 Å². The van der Waals surface area contributed by atoms with Crippen LogP contribution in [0.5, 0.6) is 0 Å². The summed E-state index contributed by atoms with van der Waals surface area (Å²) >= 11 is 1.08. The van der Waals surface area contributed by atoms with E-state index in [1.165, 1.54) is 0 Å². The molecule has 32 heavy (non-hydrogen) atoms. The second-order valence-corrected chi connectivity index (χ2v) is 12.5. The van der Waals surface area contributed by atoms with Crippen molar-refractivity contribution in [3.8, 4) is 0 Å². The smallest absolute Gasteiger partial charge is 0.371 e. The minimum absolute atomic E-state index is 0.164. The van der Waals surface area contributed by atoms with Crippen molar-refractivity contribution in [1.29, 1.82) is 0 Å². The van der Waals surface area contributed by atoms with Crippen molar-refractivity contribution in [3.05, 3.63) is 0 Å². The van der Waals surface area contributed by atoms with Crippen LogP contribution in [-0.4, -0.2) is 92.7 Å². The van der Waals surface area contributed by atoms with Gasteiger partial charge in [-0.15, -0.1) is 0 Å². The molecule has 0 aliphatic carbocycles. The summed E-state index contributed by atoms with van der Waals surface area (Å²) in [6.07, 6.45) is -7.83. The Balaban J connectivity index is 2.33. The Morgan fingerprint density at radius 1 is 0.719 bits per heavy atom. The van der Waals surface area contributed by atoms with Crippen LogP contribution in [0, 0.1) is 0 Å². The van der Waals surface area contributed by atoms with Crippen LogP contribution >= 0.6 is 22.6 Å². The first-order valence-electron chi connectivity index (χ1n) is 8.81. The molecule has 190 valence electrons. The number of hydrogen-bond donors (Lipinski definition) is 0. The summed E-state index contributed by atoms with van der Waals surface area (Å²) in [5.41, 5.74) is 0. The Bertz CT molecular complexity index is 644. The minimum atomic E-state index is -7.55. The van der Waals surface area contributed by atoms with Crippen molar-refractivity contribution in [2.24, 2.45) is 0 Å². The lowest BCUT2D eigenvalue weighted by Gasteiger charge is -2.42. The Kier molecular flexibility index (Phi) is 8.10. The van der Waals surface area contributed by atoms with E-state index in [1.807, 2.05) is 0 Å². The third-order valence-corrected chi connectivity index (χ3v) is 10.4. The van der Waals surface area contributed by atoms with Crippen molar-refractivity contribution in [1.82, 2.24) is 4.90 Å². The van der Waals surface area contributed by atoms with Gasteiger partial charge in [0.2, 0.25) is 0 Å². The number of hydrogen-bond acceptors (Lipinski definition) is 4. The molecule has 3 heterocycles. The summed E-state index contributed by atoms with van der Waals surface area (Å²) in [6.45, 7) is 0.354. The molecular formula is C14H16F12INO3Si. The zero-order valence-corrected chi connectivity index (χ0v) is 18.8. The molecule has 0 aromatic heterocycles. The van der Waals surface area contributed by atoms with Gasteiger partial charge >= 0.3 is 44.8 Å². The first-order chi connectivity index (χ1) is 14.4. The lowest BCUT2D eigenvalue weighted by Crippen LogP contribution is -2.69. The van der Waals surface area contributed by atoms with Gasteiger partial charge in [0.25, 0.3) is 0 Å². The fraction of sp³-hybridized carbons (Fsp3) is 1.00. The summed E-state index contributed by atoms with van der Waals surface area (Å²) in [4.78, 5) is 1.80. The van der Waals surface area contributed by atoms with Gasteiger partial charge in [-0.1, -0.05) is 22.6 Å². The van der Waals surface area contributed by atoms with Gasteiger partial charge in [0.05, 0.1) is 23.4 Å². The monoisotopic (exact) mass is 629 g/mol. The molecule has 1 atom stereocenters. The maximum Gasteiger partial charge on any atom is 0.514 e. The van der Waals surface area contributed by atoms with E-state index in [4.69, 9.17) is 13.3 Å². The molecule has 0 saturated carbocycles. The topological polar surface area (TPSA) is 30.9 Å². The van der Waals surface area contributed by atoms with Crippen LogP contribution in [0.3, 0.4) is 0 Å². The maximum atomic E-state index is 14.3. The van der Waals surface area contributed by atoms with Gasteiger partial charge in [0.1, 0.15) is 0 Å². The van der Waals surface area contributed by atoms with Crippen LogP contribution in [-0.2, 0) is 13.3 Å². The molecule has 0 aromatic carbocycles. The molecular weight excluding hydrogens is 613 g/mol. The van der Waals surface area contributed by atoms with Gasteiger partial charge in [-0.2, -0.15) is 43.9 Å². The van der Waals surface area contributed by atoms with Crippen LogP contribution in [0.15, 0.2) is 0 Å². The van der Waals surface area contributed by atoms with E-state index in [9.17, 15) is 52.7 Å². The molecule has 0 aromatic rings. The normalized spacial score (nSPS) is 27.8. The van der Waals surface area contributed by atoms with Gasteiger partial charge in [-0.3, -0.25) is 4.90 Å². The van der Waals surface area contributed by atoms with E-state index in [1.54, 1.807) is 4.90 Å². The van der Waals surface area contributed by atoms with Crippen molar-refractivity contribution in [3.63, 3.8) is 0 Å². The van der Waals surface area contributed by atoms with Crippen LogP contribution in [0.4, 0.5) is 52.7 Å². The standard InChI is InChI=1S/C14H16F12INO3Si/c15-9(16)11(19,20)13(23,24)14(25,26)12(21,22)10(17,18)7-8(27)32-29-4-1-28(2-5-30-32)3-6-31-32/h8-9H,1-7H2. The van der Waals surface area contributed by atoms with E-state index in [2.05, 4.69) is 0 Å². The molecule has 0 N–H and O–H groups in total. The molecule has 3 aliphatic rings. The van der Waals surface area contributed by atoms with E-state index in [-0.39, 0.29) is 39.5 Å². The summed E-state index contributed by atoms with van der Waals surface area (Å²) in [5, 5.41) is 0. The first kappa shape index (κ1) is 28.2. The van der Waals surface area contributed by atoms with E-state index in [0.717, 1.165) is 22.6 Å². The van der Waals surface area contributed by atoms with Crippen molar-refractivity contribution in [2.45, 2.75) is 46.0 Å². The molecule has 0 amide bonds. The Labute approximate surface area is 188 Å². The van der Waals surface area contributed by atoms with Gasteiger partial charge in [0, 0.05) is 26.1 Å². The van der Waals surface area contributed by atoms with Crippen molar-refractivity contribution in [2.75, 3.05) is 39.5 Å². The maximum absolute atomic E-state index is 14.3. The predicted octanol–water partition coefficient (Wildman–Crippen LogP) is 4.48. The van der Waals surface area contributed by atoms with Gasteiger partial charge in [-0.25, -0.2) is 8.78 Å². The molecule has 3 saturated heterocycles. The molecule has 3 fully saturated rings. The lowest BCUT2D eigenvalue weighted by molar-refractivity contribution is -0.412. The Morgan fingerprint density at radius 3 is 1.50 bits per heavy atom. The summed E-state index contributed by atoms with van der Waals surface area (Å²) in [7, 11) is -4.23. The van der Waals surface area contributed by atoms with Gasteiger partial charge < -0.3 is 13.3 Å². The third kappa shape index (κ3) is 4.59. The largest absolute Gasteiger partial charge is 0.514 e. The molecule has 18 heteroatoms. The molecule has 4 nitrogen and oxygen atoms in total. The lowest BCUT2D eigenvalue weighted by atomic mass is 9.93. The zero-order valence-electron chi connectivity index (χ0n) is 15.7. The fourth-order valence-corrected chi connectivity index (χ4v) is 7.53. The highest BCUT2D eigenvalue weighted by Gasteiger charge is 2.87. The van der Waals surface area contributed by atoms with Gasteiger partial charge in [-0.05, 0) is 0 Å². The third-order valence-electron chi connectivity index (χ3n) is 4.89. The first-order valence-corrected chi connectivity index (χ1v) is 11.9. The van der Waals surface area contributed by atoms with Crippen LogP contribution in [0.1, 0.15) is 6.42 Å². The highest BCUT2D eigenvalue weighted by molar-refractivity contribution is 14.1. The predicted molar refractivity (Wildman–Crippen MR) is 93.2 cm³/mol. The van der Waals surface area contributed by atoms with Gasteiger partial charge in [0.15, 0.2) is 0 Å². The second-order valence-electron chi connectivity index (χ2n) is 7.01. The van der Waals surface area contributed by atoms with Crippen LogP contribution in [0.25, 0.3) is 0 Å². The molecule has 0 spiro atoms. The fourth-order valence-electron chi connectivity index (χ4n) is 2.93. The quantitative estimate of drug-likeness (QED) is 0.172. The SMILES string of the molecule is FC(F)C(F)(F)C(F)(F)C(F)(F)C(F)(F)C(F)(F)CC(I)[Si]12OCCN(CCO1)CCO2. The van der Waals surface area contributed by atoms with Crippen molar-refractivity contribution >= 4 is 31.4 Å². The molecule has 3 rings (SSSR count). The summed E-state index contributed by atoms with van der Waals surface area (Å²) in [5.74, 6) is -35.3. The Morgan fingerprint density at radius 2 is 1.12 bits per heavy atom. The van der Waals surface area contributed by atoms with Crippen LogP contribution < -0.4 is 0 Å². The second kappa shape index (κ2) is 9.19. The molecule has 0 radical (unpaired) electrons. The molecule has 3 aliphatic heterocycles. The van der Waals surface area contributed by atoms with E-state index in [0.29, 0.717) is 0 Å². The summed E-state index contributed by atoms with van der Waals surface area (Å²) in [6, 6.07) is 0. The minimum Gasteiger partial charge on any atom is -0.371 e. The number of halogens is 13. The highest BCUT2D eigenvalue weighted by atomic mass is 127. The number of fused-ring (bicyclic) bond motifs is 6. The number of nitrogens with zero attached hydrogens (tertiary/aromatic N) is 1. The number of rotatable bonds is 8.